The molecule has 13 heavy (non-hydrogen) atoms. The third-order valence-electron chi connectivity index (χ3n) is 1.81. The molecule has 1 atom stereocenters. The van der Waals surface area contributed by atoms with Gasteiger partial charge in [0, 0.05) is 5.71 Å². The van der Waals surface area contributed by atoms with Gasteiger partial charge in [0.15, 0.2) is 0 Å². The number of carboxylic acid groups (broad SMARTS) is 1. The van der Waals surface area contributed by atoms with Gasteiger partial charge in [0.1, 0.15) is 5.92 Å². The van der Waals surface area contributed by atoms with E-state index < -0.39 is 11.9 Å². The summed E-state index contributed by atoms with van der Waals surface area (Å²) in [4.78, 5) is 10.8. The van der Waals surface area contributed by atoms with Crippen LogP contribution in [0.1, 0.15) is 18.4 Å². The standard InChI is InChI=1S/C10H11NO2/c1-7(11)9(10(12)13)8-5-3-2-4-6-8/h2-6,9,11H,1H3,(H,12,13). The van der Waals surface area contributed by atoms with Gasteiger partial charge in [-0.2, -0.15) is 0 Å². The van der Waals surface area contributed by atoms with Gasteiger partial charge in [0.05, 0.1) is 0 Å². The highest BCUT2D eigenvalue weighted by Gasteiger charge is 2.21. The van der Waals surface area contributed by atoms with Crippen molar-refractivity contribution >= 4 is 11.7 Å². The summed E-state index contributed by atoms with van der Waals surface area (Å²) in [6, 6.07) is 8.80. The van der Waals surface area contributed by atoms with Crippen molar-refractivity contribution in [1.29, 1.82) is 5.41 Å². The zero-order chi connectivity index (χ0) is 9.84. The molecule has 0 saturated carbocycles. The minimum absolute atomic E-state index is 0.152. The van der Waals surface area contributed by atoms with Gasteiger partial charge in [-0.05, 0) is 12.5 Å². The van der Waals surface area contributed by atoms with Crippen LogP contribution in [0.25, 0.3) is 0 Å². The van der Waals surface area contributed by atoms with E-state index in [2.05, 4.69) is 0 Å². The molecular formula is C10H11NO2. The first-order chi connectivity index (χ1) is 6.13. The van der Waals surface area contributed by atoms with Crippen molar-refractivity contribution in [2.24, 2.45) is 0 Å². The lowest BCUT2D eigenvalue weighted by Crippen LogP contribution is -2.18. The Hall–Kier alpha value is -1.64. The number of carbonyl (C=O) groups is 1. The fraction of sp³-hybridized carbons (Fsp3) is 0.200. The predicted octanol–water partition coefficient (Wildman–Crippen LogP) is 1.89. The van der Waals surface area contributed by atoms with E-state index in [1.54, 1.807) is 24.3 Å². The molecule has 3 nitrogen and oxygen atoms in total. The second-order valence-corrected chi connectivity index (χ2v) is 2.86. The Kier molecular flexibility index (Phi) is 2.80. The zero-order valence-corrected chi connectivity index (χ0v) is 7.32. The lowest BCUT2D eigenvalue weighted by atomic mass is 9.95. The van der Waals surface area contributed by atoms with Gasteiger partial charge < -0.3 is 10.5 Å². The van der Waals surface area contributed by atoms with Crippen molar-refractivity contribution in [2.75, 3.05) is 0 Å². The summed E-state index contributed by atoms with van der Waals surface area (Å²) in [7, 11) is 0. The summed E-state index contributed by atoms with van der Waals surface area (Å²) in [5.74, 6) is -1.78. The van der Waals surface area contributed by atoms with Crippen LogP contribution in [0, 0.1) is 5.41 Å². The van der Waals surface area contributed by atoms with Crippen LogP contribution in [0.4, 0.5) is 0 Å². The third kappa shape index (κ3) is 2.15. The highest BCUT2D eigenvalue weighted by molar-refractivity contribution is 6.03. The average molecular weight is 177 g/mol. The highest BCUT2D eigenvalue weighted by Crippen LogP contribution is 2.16. The molecule has 1 rings (SSSR count). The summed E-state index contributed by atoms with van der Waals surface area (Å²) in [5, 5.41) is 16.2. The molecule has 0 fully saturated rings. The molecule has 1 aromatic carbocycles. The van der Waals surface area contributed by atoms with E-state index in [0.717, 1.165) is 0 Å². The minimum atomic E-state index is -0.973. The van der Waals surface area contributed by atoms with Gasteiger partial charge >= 0.3 is 5.97 Å². The molecule has 0 bridgehead atoms. The largest absolute Gasteiger partial charge is 0.480 e. The first kappa shape index (κ1) is 9.45. The van der Waals surface area contributed by atoms with Crippen LogP contribution in [0.5, 0.6) is 0 Å². The van der Waals surface area contributed by atoms with Gasteiger partial charge in [-0.3, -0.25) is 4.79 Å². The van der Waals surface area contributed by atoms with E-state index in [0.29, 0.717) is 5.56 Å². The highest BCUT2D eigenvalue weighted by atomic mass is 16.4. The van der Waals surface area contributed by atoms with E-state index >= 15 is 0 Å². The van der Waals surface area contributed by atoms with Crippen molar-refractivity contribution in [3.05, 3.63) is 35.9 Å². The monoisotopic (exact) mass is 177 g/mol. The summed E-state index contributed by atoms with van der Waals surface area (Å²) >= 11 is 0. The van der Waals surface area contributed by atoms with E-state index in [9.17, 15) is 4.79 Å². The molecule has 0 aliphatic heterocycles. The maximum atomic E-state index is 10.8. The first-order valence-electron chi connectivity index (χ1n) is 3.95. The van der Waals surface area contributed by atoms with E-state index in [-0.39, 0.29) is 5.71 Å². The minimum Gasteiger partial charge on any atom is -0.480 e. The zero-order valence-electron chi connectivity index (χ0n) is 7.32. The quantitative estimate of drug-likeness (QED) is 0.692. The van der Waals surface area contributed by atoms with Crippen molar-refractivity contribution in [2.45, 2.75) is 12.8 Å². The van der Waals surface area contributed by atoms with Gasteiger partial charge in [-0.25, -0.2) is 0 Å². The molecule has 3 heteroatoms. The number of hydrogen-bond acceptors (Lipinski definition) is 2. The Morgan fingerprint density at radius 1 is 1.38 bits per heavy atom. The molecular weight excluding hydrogens is 166 g/mol. The fourth-order valence-corrected chi connectivity index (χ4v) is 1.22. The van der Waals surface area contributed by atoms with Crippen LogP contribution < -0.4 is 0 Å². The molecule has 0 aliphatic carbocycles. The molecule has 0 aliphatic rings. The van der Waals surface area contributed by atoms with Crippen LogP contribution in [-0.2, 0) is 4.79 Å². The third-order valence-corrected chi connectivity index (χ3v) is 1.81. The molecule has 0 aromatic heterocycles. The Balaban J connectivity index is 3.03. The first-order valence-corrected chi connectivity index (χ1v) is 3.95. The Bertz CT molecular complexity index is 305. The number of carboxylic acids is 1. The summed E-state index contributed by atoms with van der Waals surface area (Å²) in [6.45, 7) is 1.51. The molecule has 0 heterocycles. The van der Waals surface area contributed by atoms with Crippen molar-refractivity contribution < 1.29 is 9.90 Å². The molecule has 1 aromatic rings. The lowest BCUT2D eigenvalue weighted by Gasteiger charge is -2.10. The molecule has 68 valence electrons. The average Bonchev–Trinajstić information content (AvgIpc) is 2.04. The number of benzene rings is 1. The Morgan fingerprint density at radius 3 is 2.31 bits per heavy atom. The molecule has 0 radical (unpaired) electrons. The Morgan fingerprint density at radius 2 is 1.92 bits per heavy atom. The maximum absolute atomic E-state index is 10.8. The van der Waals surface area contributed by atoms with E-state index in [4.69, 9.17) is 10.5 Å². The van der Waals surface area contributed by atoms with Crippen LogP contribution in [-0.4, -0.2) is 16.8 Å². The number of rotatable bonds is 3. The lowest BCUT2D eigenvalue weighted by molar-refractivity contribution is -0.137. The predicted molar refractivity (Wildman–Crippen MR) is 50.2 cm³/mol. The van der Waals surface area contributed by atoms with Crippen LogP contribution >= 0.6 is 0 Å². The summed E-state index contributed by atoms with van der Waals surface area (Å²) in [6.07, 6.45) is 0. The number of aliphatic carboxylic acids is 1. The topological polar surface area (TPSA) is 61.2 Å². The number of hydrogen-bond donors (Lipinski definition) is 2. The van der Waals surface area contributed by atoms with Crippen LogP contribution in [0.2, 0.25) is 0 Å². The molecule has 0 spiro atoms. The SMILES string of the molecule is CC(=N)C(C(=O)O)c1ccccc1. The fourth-order valence-electron chi connectivity index (χ4n) is 1.22. The molecule has 0 saturated heterocycles. The van der Waals surface area contributed by atoms with Crippen molar-refractivity contribution in [3.8, 4) is 0 Å². The normalized spacial score (nSPS) is 12.1. The molecule has 2 N–H and O–H groups in total. The van der Waals surface area contributed by atoms with Gasteiger partial charge in [-0.15, -0.1) is 0 Å². The van der Waals surface area contributed by atoms with E-state index in [1.807, 2.05) is 6.07 Å². The van der Waals surface area contributed by atoms with Gasteiger partial charge in [0.25, 0.3) is 0 Å². The maximum Gasteiger partial charge on any atom is 0.316 e. The van der Waals surface area contributed by atoms with E-state index in [1.165, 1.54) is 6.92 Å². The van der Waals surface area contributed by atoms with Crippen molar-refractivity contribution in [1.82, 2.24) is 0 Å². The second kappa shape index (κ2) is 3.85. The molecule has 0 amide bonds. The van der Waals surface area contributed by atoms with Crippen LogP contribution in [0.15, 0.2) is 30.3 Å². The Labute approximate surface area is 76.5 Å². The number of nitrogens with one attached hydrogen (secondary N) is 1. The summed E-state index contributed by atoms with van der Waals surface area (Å²) < 4.78 is 0. The second-order valence-electron chi connectivity index (χ2n) is 2.86. The smallest absolute Gasteiger partial charge is 0.316 e. The molecule has 1 unspecified atom stereocenters. The van der Waals surface area contributed by atoms with Gasteiger partial charge in [-0.1, -0.05) is 30.3 Å². The van der Waals surface area contributed by atoms with Crippen LogP contribution in [0.3, 0.4) is 0 Å². The summed E-state index contributed by atoms with van der Waals surface area (Å²) in [5.41, 5.74) is 0.807. The van der Waals surface area contributed by atoms with Gasteiger partial charge in [0.2, 0.25) is 0 Å². The van der Waals surface area contributed by atoms with Crippen molar-refractivity contribution in [3.63, 3.8) is 0 Å².